The molecule has 3 aromatic rings. The summed E-state index contributed by atoms with van der Waals surface area (Å²) < 4.78 is 0. The summed E-state index contributed by atoms with van der Waals surface area (Å²) in [7, 11) is 3.67. The van der Waals surface area contributed by atoms with Crippen molar-refractivity contribution < 1.29 is 14.7 Å². The number of amides is 1. The van der Waals surface area contributed by atoms with Gasteiger partial charge in [0.05, 0.1) is 16.8 Å². The third kappa shape index (κ3) is 4.15. The number of nitrogens with one attached hydrogen (secondary N) is 1. The molecule has 1 amide bonds. The number of halogens is 1. The molecule has 0 fully saturated rings. The predicted octanol–water partition coefficient (Wildman–Crippen LogP) is 4.76. The van der Waals surface area contributed by atoms with E-state index in [1.54, 1.807) is 30.3 Å². The fourth-order valence-corrected chi connectivity index (χ4v) is 2.97. The van der Waals surface area contributed by atoms with Gasteiger partial charge >= 0.3 is 0 Å². The van der Waals surface area contributed by atoms with Crippen LogP contribution in [0.25, 0.3) is 11.1 Å². The van der Waals surface area contributed by atoms with E-state index in [0.717, 1.165) is 16.8 Å². The molecule has 142 valence electrons. The van der Waals surface area contributed by atoms with Crippen molar-refractivity contribution in [2.75, 3.05) is 24.3 Å². The van der Waals surface area contributed by atoms with Crippen molar-refractivity contribution in [3.63, 3.8) is 0 Å². The predicted molar refractivity (Wildman–Crippen MR) is 112 cm³/mol. The standard InChI is InChI=1S/C22H19ClN2O3/c1-25(2)16-9-11-20(26)18(13-16)22(28)24-19-12-15(8-10-17(19)21(23)27)14-6-4-3-5-7-14/h3-13,26H,1-2H3,(H,24,28). The molecule has 28 heavy (non-hydrogen) atoms. The van der Waals surface area contributed by atoms with Crippen molar-refractivity contribution >= 4 is 34.1 Å². The molecule has 0 aliphatic carbocycles. The number of aromatic hydroxyl groups is 1. The minimum Gasteiger partial charge on any atom is -0.507 e. The van der Waals surface area contributed by atoms with Gasteiger partial charge in [0.1, 0.15) is 5.75 Å². The third-order valence-corrected chi connectivity index (χ3v) is 4.53. The smallest absolute Gasteiger partial charge is 0.259 e. The first-order chi connectivity index (χ1) is 13.4. The summed E-state index contributed by atoms with van der Waals surface area (Å²) in [5.74, 6) is -0.688. The van der Waals surface area contributed by atoms with Gasteiger partial charge in [-0.05, 0) is 53.1 Å². The van der Waals surface area contributed by atoms with E-state index in [1.165, 1.54) is 6.07 Å². The Morgan fingerprint density at radius 2 is 1.61 bits per heavy atom. The van der Waals surface area contributed by atoms with Crippen molar-refractivity contribution in [2.24, 2.45) is 0 Å². The number of carbonyl (C=O) groups excluding carboxylic acids is 2. The molecule has 0 radical (unpaired) electrons. The highest BCUT2D eigenvalue weighted by Gasteiger charge is 2.17. The lowest BCUT2D eigenvalue weighted by Crippen LogP contribution is -2.16. The molecule has 5 nitrogen and oxygen atoms in total. The van der Waals surface area contributed by atoms with E-state index in [-0.39, 0.29) is 22.6 Å². The summed E-state index contributed by atoms with van der Waals surface area (Å²) in [6.07, 6.45) is 0. The van der Waals surface area contributed by atoms with Crippen LogP contribution in [0.4, 0.5) is 11.4 Å². The Balaban J connectivity index is 2.00. The third-order valence-electron chi connectivity index (χ3n) is 4.33. The Labute approximate surface area is 168 Å². The monoisotopic (exact) mass is 394 g/mol. The lowest BCUT2D eigenvalue weighted by molar-refractivity contribution is 0.102. The fraction of sp³-hybridized carbons (Fsp3) is 0.0909. The minimum absolute atomic E-state index is 0.101. The summed E-state index contributed by atoms with van der Waals surface area (Å²) in [6, 6.07) is 19.3. The Kier molecular flexibility index (Phi) is 5.66. The van der Waals surface area contributed by atoms with Gasteiger partial charge in [0, 0.05) is 19.8 Å². The minimum atomic E-state index is -0.679. The quantitative estimate of drug-likeness (QED) is 0.612. The molecule has 0 saturated heterocycles. The van der Waals surface area contributed by atoms with Gasteiger partial charge in [0.15, 0.2) is 0 Å². The summed E-state index contributed by atoms with van der Waals surface area (Å²) in [6.45, 7) is 0. The Morgan fingerprint density at radius 3 is 2.25 bits per heavy atom. The maximum Gasteiger partial charge on any atom is 0.259 e. The summed E-state index contributed by atoms with van der Waals surface area (Å²) in [5, 5.41) is 12.1. The van der Waals surface area contributed by atoms with Gasteiger partial charge in [0.2, 0.25) is 0 Å². The van der Waals surface area contributed by atoms with Crippen molar-refractivity contribution in [1.82, 2.24) is 0 Å². The number of benzene rings is 3. The highest BCUT2D eigenvalue weighted by Crippen LogP contribution is 2.29. The van der Waals surface area contributed by atoms with Crippen molar-refractivity contribution in [1.29, 1.82) is 0 Å². The number of anilines is 2. The van der Waals surface area contributed by atoms with Gasteiger partial charge in [-0.1, -0.05) is 36.4 Å². The van der Waals surface area contributed by atoms with Gasteiger partial charge in [-0.2, -0.15) is 0 Å². The number of nitrogens with zero attached hydrogens (tertiary/aromatic N) is 1. The summed E-state index contributed by atoms with van der Waals surface area (Å²) >= 11 is 5.69. The van der Waals surface area contributed by atoms with Crippen LogP contribution in [0.2, 0.25) is 0 Å². The number of phenols is 1. The first kappa shape index (κ1) is 19.5. The van der Waals surface area contributed by atoms with Gasteiger partial charge in [-0.15, -0.1) is 0 Å². The molecule has 6 heteroatoms. The molecule has 0 bridgehead atoms. The van der Waals surface area contributed by atoms with Crippen molar-refractivity contribution in [2.45, 2.75) is 0 Å². The molecule has 0 aliphatic heterocycles. The van der Waals surface area contributed by atoms with Gasteiger partial charge in [-0.3, -0.25) is 9.59 Å². The lowest BCUT2D eigenvalue weighted by Gasteiger charge is -2.15. The van der Waals surface area contributed by atoms with E-state index in [9.17, 15) is 14.7 Å². The van der Waals surface area contributed by atoms with E-state index in [1.807, 2.05) is 49.3 Å². The van der Waals surface area contributed by atoms with Crippen LogP contribution in [0.3, 0.4) is 0 Å². The molecule has 0 atom stereocenters. The molecular formula is C22H19ClN2O3. The molecule has 0 heterocycles. The largest absolute Gasteiger partial charge is 0.507 e. The highest BCUT2D eigenvalue weighted by atomic mass is 35.5. The summed E-state index contributed by atoms with van der Waals surface area (Å²) in [4.78, 5) is 26.4. The van der Waals surface area contributed by atoms with Gasteiger partial charge in [0.25, 0.3) is 11.1 Å². The van der Waals surface area contributed by atoms with E-state index in [4.69, 9.17) is 11.6 Å². The summed E-state index contributed by atoms with van der Waals surface area (Å²) in [5.41, 5.74) is 3.07. The first-order valence-corrected chi connectivity index (χ1v) is 8.95. The Bertz CT molecular complexity index is 1030. The SMILES string of the molecule is CN(C)c1ccc(O)c(C(=O)Nc2cc(-c3ccccc3)ccc2C(=O)Cl)c1. The second kappa shape index (κ2) is 8.15. The maximum absolute atomic E-state index is 12.8. The molecule has 3 aromatic carbocycles. The molecule has 0 aliphatic rings. The maximum atomic E-state index is 12.8. The zero-order chi connectivity index (χ0) is 20.3. The topological polar surface area (TPSA) is 69.6 Å². The average molecular weight is 395 g/mol. The first-order valence-electron chi connectivity index (χ1n) is 8.58. The molecule has 0 unspecified atom stereocenters. The number of phenolic OH excluding ortho intramolecular Hbond substituents is 1. The normalized spacial score (nSPS) is 10.4. The Hall–Kier alpha value is -3.31. The average Bonchev–Trinajstić information content (AvgIpc) is 2.68. The molecule has 0 aromatic heterocycles. The van der Waals surface area contributed by atoms with Crippen molar-refractivity contribution in [3.8, 4) is 16.9 Å². The molecule has 0 spiro atoms. The number of carbonyl (C=O) groups is 2. The van der Waals surface area contributed by atoms with Crippen LogP contribution in [-0.2, 0) is 0 Å². The zero-order valence-electron chi connectivity index (χ0n) is 15.4. The van der Waals surface area contributed by atoms with Crippen LogP contribution in [0.5, 0.6) is 5.75 Å². The van der Waals surface area contributed by atoms with Crippen LogP contribution in [0, 0.1) is 0 Å². The molecule has 0 saturated carbocycles. The van der Waals surface area contributed by atoms with Crippen molar-refractivity contribution in [3.05, 3.63) is 77.9 Å². The van der Waals surface area contributed by atoms with E-state index in [2.05, 4.69) is 5.32 Å². The van der Waals surface area contributed by atoms with E-state index >= 15 is 0 Å². The van der Waals surface area contributed by atoms with E-state index in [0.29, 0.717) is 0 Å². The second-order valence-corrected chi connectivity index (χ2v) is 6.79. The number of rotatable bonds is 5. The second-order valence-electron chi connectivity index (χ2n) is 6.45. The lowest BCUT2D eigenvalue weighted by atomic mass is 10.0. The highest BCUT2D eigenvalue weighted by molar-refractivity contribution is 6.68. The molecular weight excluding hydrogens is 376 g/mol. The number of hydrogen-bond acceptors (Lipinski definition) is 4. The van der Waals surface area contributed by atoms with Crippen LogP contribution in [0.1, 0.15) is 20.7 Å². The fourth-order valence-electron chi connectivity index (χ4n) is 2.80. The van der Waals surface area contributed by atoms with Crippen LogP contribution in [-0.4, -0.2) is 30.4 Å². The van der Waals surface area contributed by atoms with Crippen LogP contribution < -0.4 is 10.2 Å². The van der Waals surface area contributed by atoms with Crippen LogP contribution in [0.15, 0.2) is 66.7 Å². The number of hydrogen-bond donors (Lipinski definition) is 2. The van der Waals surface area contributed by atoms with Crippen LogP contribution >= 0.6 is 11.6 Å². The Morgan fingerprint density at radius 1 is 0.893 bits per heavy atom. The van der Waals surface area contributed by atoms with E-state index < -0.39 is 11.1 Å². The van der Waals surface area contributed by atoms with Gasteiger partial charge in [-0.25, -0.2) is 0 Å². The molecule has 3 rings (SSSR count). The molecule has 2 N–H and O–H groups in total. The van der Waals surface area contributed by atoms with Gasteiger partial charge < -0.3 is 15.3 Å². The zero-order valence-corrected chi connectivity index (χ0v) is 16.2.